The van der Waals surface area contributed by atoms with E-state index in [4.69, 9.17) is 4.98 Å². The van der Waals surface area contributed by atoms with Gasteiger partial charge >= 0.3 is 0 Å². The van der Waals surface area contributed by atoms with E-state index in [0.29, 0.717) is 28.6 Å². The number of aryl methyl sites for hydroxylation is 1. The summed E-state index contributed by atoms with van der Waals surface area (Å²) in [4.78, 5) is 30.9. The fraction of sp³-hybridized carbons (Fsp3) is 0.136. The standard InChI is InChI=1S/C22H17N5OS2/c28-21-19-20(24-12-11-23-19)26-22(27(21)13-10-15-6-2-1-3-7-15)29-14-18-25-16-8-4-5-9-17(16)30-18/h1-9,11-12H,10,13-14H2. The Hall–Kier alpha value is -3.10. The summed E-state index contributed by atoms with van der Waals surface area (Å²) in [6.07, 6.45) is 3.83. The van der Waals surface area contributed by atoms with Gasteiger partial charge in [0.15, 0.2) is 16.3 Å². The first kappa shape index (κ1) is 18.9. The lowest BCUT2D eigenvalue weighted by molar-refractivity contribution is 0.593. The minimum absolute atomic E-state index is 0.157. The van der Waals surface area contributed by atoms with Crippen LogP contribution in [0.15, 0.2) is 76.9 Å². The molecule has 8 heteroatoms. The number of para-hydroxylation sites is 1. The van der Waals surface area contributed by atoms with Gasteiger partial charge in [-0.1, -0.05) is 54.2 Å². The SMILES string of the molecule is O=c1c2nccnc2nc(SCc2nc3ccccc3s2)n1CCc1ccccc1. The van der Waals surface area contributed by atoms with Crippen LogP contribution in [0.5, 0.6) is 0 Å². The zero-order valence-corrected chi connectivity index (χ0v) is 17.6. The zero-order chi connectivity index (χ0) is 20.3. The first-order chi connectivity index (χ1) is 14.8. The maximum atomic E-state index is 13.1. The summed E-state index contributed by atoms with van der Waals surface area (Å²) in [6, 6.07) is 18.2. The van der Waals surface area contributed by atoms with E-state index in [0.717, 1.165) is 21.6 Å². The van der Waals surface area contributed by atoms with Crippen molar-refractivity contribution in [3.8, 4) is 0 Å². The number of nitrogens with zero attached hydrogens (tertiary/aromatic N) is 5. The van der Waals surface area contributed by atoms with Crippen molar-refractivity contribution in [1.82, 2.24) is 24.5 Å². The van der Waals surface area contributed by atoms with Crippen LogP contribution < -0.4 is 5.56 Å². The van der Waals surface area contributed by atoms with Crippen LogP contribution in [0, 0.1) is 0 Å². The molecule has 0 aliphatic heterocycles. The van der Waals surface area contributed by atoms with Crippen LogP contribution in [0.25, 0.3) is 21.4 Å². The van der Waals surface area contributed by atoms with Gasteiger partial charge in [0.25, 0.3) is 5.56 Å². The van der Waals surface area contributed by atoms with Crippen LogP contribution >= 0.6 is 23.1 Å². The van der Waals surface area contributed by atoms with E-state index in [1.165, 1.54) is 23.5 Å². The molecule has 3 heterocycles. The van der Waals surface area contributed by atoms with Gasteiger partial charge in [-0.05, 0) is 24.1 Å². The summed E-state index contributed by atoms with van der Waals surface area (Å²) in [5.74, 6) is 0.642. The van der Waals surface area contributed by atoms with E-state index in [9.17, 15) is 4.79 Å². The number of fused-ring (bicyclic) bond motifs is 2. The molecule has 0 fully saturated rings. The molecular formula is C22H17N5OS2. The van der Waals surface area contributed by atoms with Gasteiger partial charge < -0.3 is 0 Å². The van der Waals surface area contributed by atoms with Gasteiger partial charge in [-0.3, -0.25) is 9.36 Å². The van der Waals surface area contributed by atoms with Gasteiger partial charge in [0.2, 0.25) is 0 Å². The van der Waals surface area contributed by atoms with Crippen molar-refractivity contribution in [2.45, 2.75) is 23.9 Å². The van der Waals surface area contributed by atoms with Crippen molar-refractivity contribution < 1.29 is 0 Å². The molecule has 148 valence electrons. The maximum Gasteiger partial charge on any atom is 0.282 e. The van der Waals surface area contributed by atoms with E-state index in [2.05, 4.69) is 33.2 Å². The van der Waals surface area contributed by atoms with Crippen LogP contribution in [0.4, 0.5) is 0 Å². The lowest BCUT2D eigenvalue weighted by Gasteiger charge is -2.12. The van der Waals surface area contributed by atoms with E-state index in [-0.39, 0.29) is 5.56 Å². The van der Waals surface area contributed by atoms with Gasteiger partial charge in [0, 0.05) is 18.9 Å². The number of hydrogen-bond acceptors (Lipinski definition) is 7. The molecule has 2 aromatic carbocycles. The highest BCUT2D eigenvalue weighted by Gasteiger charge is 2.14. The highest BCUT2D eigenvalue weighted by atomic mass is 32.2. The Kier molecular flexibility index (Phi) is 5.25. The second-order valence-corrected chi connectivity index (χ2v) is 8.74. The van der Waals surface area contributed by atoms with Crippen LogP contribution in [0.2, 0.25) is 0 Å². The molecule has 0 radical (unpaired) electrons. The van der Waals surface area contributed by atoms with Crippen molar-refractivity contribution >= 4 is 44.5 Å². The smallest absolute Gasteiger partial charge is 0.282 e. The molecule has 3 aromatic heterocycles. The van der Waals surface area contributed by atoms with E-state index >= 15 is 0 Å². The van der Waals surface area contributed by atoms with Crippen molar-refractivity contribution in [2.24, 2.45) is 0 Å². The third-order valence-electron chi connectivity index (χ3n) is 4.69. The number of hydrogen-bond donors (Lipinski definition) is 0. The molecule has 0 N–H and O–H groups in total. The Morgan fingerprint density at radius 1 is 0.933 bits per heavy atom. The van der Waals surface area contributed by atoms with E-state index in [1.807, 2.05) is 36.4 Å². The van der Waals surface area contributed by atoms with Crippen molar-refractivity contribution in [3.05, 3.63) is 87.9 Å². The summed E-state index contributed by atoms with van der Waals surface area (Å²) >= 11 is 3.18. The molecule has 0 amide bonds. The zero-order valence-electron chi connectivity index (χ0n) is 15.9. The van der Waals surface area contributed by atoms with Crippen molar-refractivity contribution in [3.63, 3.8) is 0 Å². The molecule has 0 aliphatic carbocycles. The van der Waals surface area contributed by atoms with Gasteiger partial charge in [-0.15, -0.1) is 11.3 Å². The Morgan fingerprint density at radius 3 is 2.60 bits per heavy atom. The minimum Gasteiger partial charge on any atom is -0.285 e. The topological polar surface area (TPSA) is 73.6 Å². The summed E-state index contributed by atoms with van der Waals surface area (Å²) in [5.41, 5.74) is 2.69. The highest BCUT2D eigenvalue weighted by Crippen LogP contribution is 2.27. The molecule has 0 atom stereocenters. The molecule has 0 saturated carbocycles. The summed E-state index contributed by atoms with van der Waals surface area (Å²) in [5, 5.41) is 1.65. The van der Waals surface area contributed by atoms with Gasteiger partial charge in [-0.2, -0.15) is 0 Å². The number of thiazole rings is 1. The molecular weight excluding hydrogens is 414 g/mol. The second-order valence-electron chi connectivity index (χ2n) is 6.68. The van der Waals surface area contributed by atoms with Crippen LogP contribution in [0.3, 0.4) is 0 Å². The molecule has 0 aliphatic rings. The Morgan fingerprint density at radius 2 is 1.73 bits per heavy atom. The predicted octanol–water partition coefficient (Wildman–Crippen LogP) is 4.33. The Bertz CT molecular complexity index is 1350. The molecule has 0 spiro atoms. The molecule has 30 heavy (non-hydrogen) atoms. The van der Waals surface area contributed by atoms with Crippen LogP contribution in [-0.4, -0.2) is 24.5 Å². The third-order valence-corrected chi connectivity index (χ3v) is 6.90. The number of aromatic nitrogens is 5. The molecule has 0 saturated heterocycles. The highest BCUT2D eigenvalue weighted by molar-refractivity contribution is 7.98. The lowest BCUT2D eigenvalue weighted by Crippen LogP contribution is -2.25. The molecule has 0 bridgehead atoms. The average molecular weight is 432 g/mol. The minimum atomic E-state index is -0.157. The number of benzene rings is 2. The van der Waals surface area contributed by atoms with Crippen molar-refractivity contribution in [2.75, 3.05) is 0 Å². The normalized spacial score (nSPS) is 11.3. The first-order valence-electron chi connectivity index (χ1n) is 9.51. The van der Waals surface area contributed by atoms with Crippen LogP contribution in [0.1, 0.15) is 10.6 Å². The quantitative estimate of drug-likeness (QED) is 0.294. The van der Waals surface area contributed by atoms with Crippen molar-refractivity contribution in [1.29, 1.82) is 0 Å². The number of rotatable bonds is 6. The van der Waals surface area contributed by atoms with Crippen LogP contribution in [-0.2, 0) is 18.7 Å². The average Bonchev–Trinajstić information content (AvgIpc) is 3.21. The molecule has 5 aromatic rings. The maximum absolute atomic E-state index is 13.1. The molecule has 0 unspecified atom stereocenters. The third kappa shape index (κ3) is 3.83. The fourth-order valence-electron chi connectivity index (χ4n) is 3.23. The van der Waals surface area contributed by atoms with E-state index in [1.54, 1.807) is 22.1 Å². The Labute approximate surface area is 180 Å². The lowest BCUT2D eigenvalue weighted by atomic mass is 10.1. The fourth-order valence-corrected chi connectivity index (χ4v) is 5.20. The van der Waals surface area contributed by atoms with E-state index < -0.39 is 0 Å². The summed E-state index contributed by atoms with van der Waals surface area (Å²) < 4.78 is 2.87. The number of thioether (sulfide) groups is 1. The molecule has 6 nitrogen and oxygen atoms in total. The predicted molar refractivity (Wildman–Crippen MR) is 121 cm³/mol. The van der Waals surface area contributed by atoms with Gasteiger partial charge in [0.1, 0.15) is 5.01 Å². The Balaban J connectivity index is 1.47. The molecule has 5 rings (SSSR count). The summed E-state index contributed by atoms with van der Waals surface area (Å²) in [6.45, 7) is 0.532. The van der Waals surface area contributed by atoms with Gasteiger partial charge in [0.05, 0.1) is 16.0 Å². The van der Waals surface area contributed by atoms with Gasteiger partial charge in [-0.25, -0.2) is 19.9 Å². The largest absolute Gasteiger partial charge is 0.285 e. The summed E-state index contributed by atoms with van der Waals surface area (Å²) in [7, 11) is 0. The second kappa shape index (κ2) is 8.33. The monoisotopic (exact) mass is 431 g/mol. The first-order valence-corrected chi connectivity index (χ1v) is 11.3.